The molecule has 0 fully saturated rings. The van der Waals surface area contributed by atoms with Crippen molar-refractivity contribution in [2.24, 2.45) is 0 Å². The lowest BCUT2D eigenvalue weighted by atomic mass is 10.1. The summed E-state index contributed by atoms with van der Waals surface area (Å²) in [6.45, 7) is 0. The van der Waals surface area contributed by atoms with E-state index in [2.05, 4.69) is 4.98 Å². The fourth-order valence-corrected chi connectivity index (χ4v) is 2.88. The molecule has 1 aromatic heterocycles. The SMILES string of the molecule is CS(=O)(=O)c1ccc(C(=O)O)c(Cl)c1-c1cnco1. The summed E-state index contributed by atoms with van der Waals surface area (Å²) in [5.74, 6) is -1.17. The van der Waals surface area contributed by atoms with Crippen molar-refractivity contribution in [1.29, 1.82) is 0 Å². The third-order valence-electron chi connectivity index (χ3n) is 2.41. The lowest BCUT2D eigenvalue weighted by Crippen LogP contribution is -2.05. The van der Waals surface area contributed by atoms with Crippen molar-refractivity contribution in [3.05, 3.63) is 35.3 Å². The van der Waals surface area contributed by atoms with Gasteiger partial charge in [0.1, 0.15) is 0 Å². The van der Waals surface area contributed by atoms with E-state index in [1.54, 1.807) is 0 Å². The zero-order chi connectivity index (χ0) is 14.2. The van der Waals surface area contributed by atoms with Crippen LogP contribution in [-0.2, 0) is 9.84 Å². The van der Waals surface area contributed by atoms with Crippen molar-refractivity contribution in [2.45, 2.75) is 4.90 Å². The Labute approximate surface area is 113 Å². The summed E-state index contributed by atoms with van der Waals surface area (Å²) < 4.78 is 28.4. The van der Waals surface area contributed by atoms with Crippen molar-refractivity contribution in [3.63, 3.8) is 0 Å². The van der Waals surface area contributed by atoms with E-state index < -0.39 is 15.8 Å². The highest BCUT2D eigenvalue weighted by molar-refractivity contribution is 7.90. The first-order valence-electron chi connectivity index (χ1n) is 4.97. The van der Waals surface area contributed by atoms with Gasteiger partial charge in [0.15, 0.2) is 22.0 Å². The molecule has 2 aromatic rings. The normalized spacial score (nSPS) is 11.5. The van der Waals surface area contributed by atoms with Gasteiger partial charge in [-0.3, -0.25) is 0 Å². The minimum Gasteiger partial charge on any atom is -0.478 e. The van der Waals surface area contributed by atoms with Crippen LogP contribution in [0.1, 0.15) is 10.4 Å². The third kappa shape index (κ3) is 2.47. The number of aromatic nitrogens is 1. The van der Waals surface area contributed by atoms with E-state index in [-0.39, 0.29) is 26.8 Å². The van der Waals surface area contributed by atoms with Crippen molar-refractivity contribution in [2.75, 3.05) is 6.26 Å². The van der Waals surface area contributed by atoms with E-state index in [1.807, 2.05) is 0 Å². The summed E-state index contributed by atoms with van der Waals surface area (Å²) >= 11 is 5.97. The van der Waals surface area contributed by atoms with Gasteiger partial charge in [0.05, 0.1) is 27.2 Å². The van der Waals surface area contributed by atoms with Crippen LogP contribution in [0.4, 0.5) is 0 Å². The quantitative estimate of drug-likeness (QED) is 0.932. The number of benzene rings is 1. The van der Waals surface area contributed by atoms with Gasteiger partial charge in [0.2, 0.25) is 0 Å². The molecule has 0 amide bonds. The van der Waals surface area contributed by atoms with E-state index in [1.165, 1.54) is 12.3 Å². The van der Waals surface area contributed by atoms with Crippen molar-refractivity contribution >= 4 is 27.4 Å². The van der Waals surface area contributed by atoms with Crippen LogP contribution in [0, 0.1) is 0 Å². The Balaban J connectivity index is 2.86. The minimum absolute atomic E-state index is 0.00145. The van der Waals surface area contributed by atoms with E-state index in [9.17, 15) is 13.2 Å². The van der Waals surface area contributed by atoms with Gasteiger partial charge in [-0.25, -0.2) is 18.2 Å². The second kappa shape index (κ2) is 4.67. The van der Waals surface area contributed by atoms with Crippen LogP contribution in [0.5, 0.6) is 0 Å². The maximum Gasteiger partial charge on any atom is 0.337 e. The number of hydrogen-bond donors (Lipinski definition) is 1. The Morgan fingerprint density at radius 1 is 1.42 bits per heavy atom. The second-order valence-corrected chi connectivity index (χ2v) is 6.11. The van der Waals surface area contributed by atoms with Crippen molar-refractivity contribution < 1.29 is 22.7 Å². The van der Waals surface area contributed by atoms with Gasteiger partial charge in [-0.15, -0.1) is 0 Å². The van der Waals surface area contributed by atoms with Crippen LogP contribution >= 0.6 is 11.6 Å². The first kappa shape index (κ1) is 13.6. The molecule has 0 saturated carbocycles. The number of carbonyl (C=O) groups is 1. The molecule has 0 saturated heterocycles. The Morgan fingerprint density at radius 3 is 2.58 bits per heavy atom. The highest BCUT2D eigenvalue weighted by atomic mass is 35.5. The smallest absolute Gasteiger partial charge is 0.337 e. The van der Waals surface area contributed by atoms with Gasteiger partial charge in [-0.1, -0.05) is 11.6 Å². The molecule has 0 aliphatic carbocycles. The number of sulfone groups is 1. The molecule has 100 valence electrons. The summed E-state index contributed by atoms with van der Waals surface area (Å²) in [6, 6.07) is 2.32. The van der Waals surface area contributed by atoms with Gasteiger partial charge in [0, 0.05) is 6.26 Å². The fourth-order valence-electron chi connectivity index (χ4n) is 1.60. The van der Waals surface area contributed by atoms with Crippen molar-refractivity contribution in [3.8, 4) is 11.3 Å². The molecule has 19 heavy (non-hydrogen) atoms. The molecule has 0 aliphatic heterocycles. The zero-order valence-corrected chi connectivity index (χ0v) is 11.2. The summed E-state index contributed by atoms with van der Waals surface area (Å²) in [7, 11) is -3.59. The van der Waals surface area contributed by atoms with Crippen LogP contribution in [-0.4, -0.2) is 30.7 Å². The highest BCUT2D eigenvalue weighted by Crippen LogP contribution is 2.36. The Morgan fingerprint density at radius 2 is 2.11 bits per heavy atom. The third-order valence-corrected chi connectivity index (χ3v) is 3.94. The van der Waals surface area contributed by atoms with Gasteiger partial charge < -0.3 is 9.52 Å². The molecule has 0 spiro atoms. The number of aromatic carboxylic acids is 1. The standard InChI is InChI=1S/C11H8ClNO5S/c1-19(16,17)8-3-2-6(11(14)15)10(12)9(8)7-4-13-5-18-7/h2-5H,1H3,(H,14,15). The van der Waals surface area contributed by atoms with E-state index in [0.717, 1.165) is 18.7 Å². The number of carboxylic acids is 1. The van der Waals surface area contributed by atoms with Crippen LogP contribution in [0.15, 0.2) is 34.0 Å². The molecule has 1 heterocycles. The van der Waals surface area contributed by atoms with E-state index >= 15 is 0 Å². The number of oxazole rings is 1. The summed E-state index contributed by atoms with van der Waals surface area (Å²) in [5, 5.41) is 8.80. The average molecular weight is 302 g/mol. The minimum atomic E-state index is -3.59. The van der Waals surface area contributed by atoms with E-state index in [4.69, 9.17) is 21.1 Å². The molecule has 1 aromatic carbocycles. The molecule has 0 aliphatic rings. The molecule has 8 heteroatoms. The predicted molar refractivity (Wildman–Crippen MR) is 67.0 cm³/mol. The van der Waals surface area contributed by atoms with Gasteiger partial charge in [-0.05, 0) is 12.1 Å². The molecular weight excluding hydrogens is 294 g/mol. The molecule has 1 N–H and O–H groups in total. The summed E-state index contributed by atoms with van der Waals surface area (Å²) in [4.78, 5) is 14.6. The summed E-state index contributed by atoms with van der Waals surface area (Å²) in [5.41, 5.74) is -0.206. The number of nitrogens with zero attached hydrogens (tertiary/aromatic N) is 1. The van der Waals surface area contributed by atoms with Crippen LogP contribution in [0.2, 0.25) is 5.02 Å². The van der Waals surface area contributed by atoms with E-state index in [0.29, 0.717) is 0 Å². The van der Waals surface area contributed by atoms with Crippen LogP contribution < -0.4 is 0 Å². The average Bonchev–Trinajstić information content (AvgIpc) is 2.79. The first-order chi connectivity index (χ1) is 8.82. The molecule has 0 bridgehead atoms. The Hall–Kier alpha value is -1.86. The number of halogens is 1. The molecule has 6 nitrogen and oxygen atoms in total. The second-order valence-electron chi connectivity index (χ2n) is 3.74. The molecule has 0 atom stereocenters. The largest absolute Gasteiger partial charge is 0.478 e. The van der Waals surface area contributed by atoms with Gasteiger partial charge in [0.25, 0.3) is 0 Å². The first-order valence-corrected chi connectivity index (χ1v) is 7.24. The topological polar surface area (TPSA) is 97.5 Å². The molecule has 2 rings (SSSR count). The van der Waals surface area contributed by atoms with Gasteiger partial charge in [-0.2, -0.15) is 0 Å². The lowest BCUT2D eigenvalue weighted by molar-refractivity contribution is 0.0697. The Kier molecular flexibility index (Phi) is 3.34. The maximum atomic E-state index is 11.7. The van der Waals surface area contributed by atoms with Crippen LogP contribution in [0.3, 0.4) is 0 Å². The van der Waals surface area contributed by atoms with Crippen molar-refractivity contribution in [1.82, 2.24) is 4.98 Å². The maximum absolute atomic E-state index is 11.7. The fraction of sp³-hybridized carbons (Fsp3) is 0.0909. The zero-order valence-electron chi connectivity index (χ0n) is 9.62. The Bertz CT molecular complexity index is 737. The molecule has 0 radical (unpaired) electrons. The number of hydrogen-bond acceptors (Lipinski definition) is 5. The monoisotopic (exact) mass is 301 g/mol. The predicted octanol–water partition coefficient (Wildman–Crippen LogP) is 2.10. The van der Waals surface area contributed by atoms with Gasteiger partial charge >= 0.3 is 5.97 Å². The number of rotatable bonds is 3. The lowest BCUT2D eigenvalue weighted by Gasteiger charge is -2.09. The molecule has 0 unspecified atom stereocenters. The summed E-state index contributed by atoms with van der Waals surface area (Å²) in [6.07, 6.45) is 3.37. The molecular formula is C11H8ClNO5S. The van der Waals surface area contributed by atoms with Crippen LogP contribution in [0.25, 0.3) is 11.3 Å². The highest BCUT2D eigenvalue weighted by Gasteiger charge is 2.24. The number of carboxylic acid groups (broad SMARTS) is 1.